The van der Waals surface area contributed by atoms with Crippen molar-refractivity contribution in [3.63, 3.8) is 0 Å². The molecule has 0 saturated carbocycles. The van der Waals surface area contributed by atoms with Crippen LogP contribution in [0.5, 0.6) is 0 Å². The molecule has 0 saturated heterocycles. The standard InChI is InChI=1S/C12H16N2O3.C2HF3O2/c13-10(12(14)16)6-7-11(15)17-8-9-4-2-1-3-5-9;3-2(4,5)1(6)7/h1-5,10H,6-8,13H2,(H2,14,16);(H,6,7)/t10-;/m0./s1. The average molecular weight is 350 g/mol. The molecule has 0 radical (unpaired) electrons. The first-order valence-electron chi connectivity index (χ1n) is 6.58. The molecule has 1 aromatic rings. The largest absolute Gasteiger partial charge is 0.490 e. The summed E-state index contributed by atoms with van der Waals surface area (Å²) in [6.45, 7) is 0.228. The van der Waals surface area contributed by atoms with Crippen molar-refractivity contribution in [2.45, 2.75) is 31.7 Å². The number of carboxylic acids is 1. The van der Waals surface area contributed by atoms with Crippen molar-refractivity contribution in [3.8, 4) is 0 Å². The van der Waals surface area contributed by atoms with E-state index >= 15 is 0 Å². The van der Waals surface area contributed by atoms with Crippen molar-refractivity contribution < 1.29 is 37.4 Å². The van der Waals surface area contributed by atoms with E-state index in [0.717, 1.165) is 5.56 Å². The molecule has 134 valence electrons. The van der Waals surface area contributed by atoms with Crippen LogP contribution in [0.15, 0.2) is 30.3 Å². The minimum absolute atomic E-state index is 0.0942. The summed E-state index contributed by atoms with van der Waals surface area (Å²) in [6, 6.07) is 8.56. The normalized spacial score (nSPS) is 11.7. The number of carbonyl (C=O) groups is 3. The van der Waals surface area contributed by atoms with Gasteiger partial charge in [0.2, 0.25) is 5.91 Å². The third-order valence-corrected chi connectivity index (χ3v) is 2.51. The Morgan fingerprint density at radius 2 is 1.67 bits per heavy atom. The van der Waals surface area contributed by atoms with Crippen LogP contribution in [0.2, 0.25) is 0 Å². The summed E-state index contributed by atoms with van der Waals surface area (Å²) in [6.07, 6.45) is -4.78. The Morgan fingerprint density at radius 1 is 1.17 bits per heavy atom. The first kappa shape index (κ1) is 21.4. The number of hydrogen-bond acceptors (Lipinski definition) is 5. The molecule has 0 spiro atoms. The number of rotatable bonds is 6. The molecule has 0 bridgehead atoms. The zero-order valence-electron chi connectivity index (χ0n) is 12.5. The maximum absolute atomic E-state index is 11.3. The van der Waals surface area contributed by atoms with Gasteiger partial charge in [0.05, 0.1) is 6.04 Å². The minimum atomic E-state index is -5.08. The number of amides is 1. The molecule has 1 rings (SSSR count). The monoisotopic (exact) mass is 350 g/mol. The van der Waals surface area contributed by atoms with Crippen LogP contribution in [0.25, 0.3) is 0 Å². The lowest BCUT2D eigenvalue weighted by Crippen LogP contribution is -2.36. The third kappa shape index (κ3) is 10.2. The van der Waals surface area contributed by atoms with Gasteiger partial charge in [0.25, 0.3) is 0 Å². The Morgan fingerprint density at radius 3 is 2.08 bits per heavy atom. The number of carbonyl (C=O) groups excluding carboxylic acids is 2. The molecule has 0 unspecified atom stereocenters. The van der Waals surface area contributed by atoms with Crippen LogP contribution in [-0.4, -0.2) is 35.2 Å². The van der Waals surface area contributed by atoms with Gasteiger partial charge in [-0.2, -0.15) is 13.2 Å². The van der Waals surface area contributed by atoms with Crippen LogP contribution in [0.3, 0.4) is 0 Å². The predicted molar refractivity (Wildman–Crippen MR) is 76.3 cm³/mol. The first-order valence-corrected chi connectivity index (χ1v) is 6.58. The molecular weight excluding hydrogens is 333 g/mol. The van der Waals surface area contributed by atoms with E-state index in [4.69, 9.17) is 26.1 Å². The Kier molecular flexibility index (Phi) is 9.10. The van der Waals surface area contributed by atoms with Gasteiger partial charge in [-0.25, -0.2) is 4.79 Å². The fourth-order valence-electron chi connectivity index (χ4n) is 1.23. The smallest absolute Gasteiger partial charge is 0.475 e. The van der Waals surface area contributed by atoms with E-state index in [1.807, 2.05) is 30.3 Å². The predicted octanol–water partition coefficient (Wildman–Crippen LogP) is 0.956. The van der Waals surface area contributed by atoms with E-state index < -0.39 is 24.1 Å². The summed E-state index contributed by atoms with van der Waals surface area (Å²) in [5, 5.41) is 7.12. The van der Waals surface area contributed by atoms with E-state index in [-0.39, 0.29) is 25.4 Å². The Bertz CT molecular complexity index is 549. The minimum Gasteiger partial charge on any atom is -0.475 e. The summed E-state index contributed by atoms with van der Waals surface area (Å²) in [4.78, 5) is 30.8. The van der Waals surface area contributed by atoms with Crippen molar-refractivity contribution >= 4 is 17.8 Å². The molecule has 0 fully saturated rings. The van der Waals surface area contributed by atoms with Crippen molar-refractivity contribution in [2.24, 2.45) is 11.5 Å². The number of carboxylic acid groups (broad SMARTS) is 1. The molecule has 5 N–H and O–H groups in total. The number of aliphatic carboxylic acids is 1. The molecule has 0 aliphatic carbocycles. The second kappa shape index (κ2) is 10.2. The number of ether oxygens (including phenoxy) is 1. The lowest BCUT2D eigenvalue weighted by atomic mass is 10.1. The fourth-order valence-corrected chi connectivity index (χ4v) is 1.23. The van der Waals surface area contributed by atoms with Gasteiger partial charge in [-0.05, 0) is 12.0 Å². The highest BCUT2D eigenvalue weighted by Crippen LogP contribution is 2.13. The maximum atomic E-state index is 11.3. The van der Waals surface area contributed by atoms with Gasteiger partial charge in [-0.1, -0.05) is 30.3 Å². The van der Waals surface area contributed by atoms with Crippen molar-refractivity contribution in [3.05, 3.63) is 35.9 Å². The lowest BCUT2D eigenvalue weighted by Gasteiger charge is -2.07. The topological polar surface area (TPSA) is 133 Å². The SMILES string of the molecule is NC(=O)[C@@H](N)CCC(=O)OCc1ccccc1.O=C(O)C(F)(F)F. The number of hydrogen-bond donors (Lipinski definition) is 3. The van der Waals surface area contributed by atoms with Gasteiger partial charge in [0, 0.05) is 6.42 Å². The van der Waals surface area contributed by atoms with Crippen molar-refractivity contribution in [1.82, 2.24) is 0 Å². The van der Waals surface area contributed by atoms with E-state index in [9.17, 15) is 22.8 Å². The average Bonchev–Trinajstić information content (AvgIpc) is 2.51. The molecule has 0 aliphatic rings. The summed E-state index contributed by atoms with van der Waals surface area (Å²) in [5.41, 5.74) is 11.3. The Balaban J connectivity index is 0.000000640. The molecule has 1 amide bonds. The highest BCUT2D eigenvalue weighted by molar-refractivity contribution is 5.80. The van der Waals surface area contributed by atoms with Crippen LogP contribution in [0.1, 0.15) is 18.4 Å². The zero-order valence-corrected chi connectivity index (χ0v) is 12.5. The Hall–Kier alpha value is -2.62. The number of nitrogens with two attached hydrogens (primary N) is 2. The number of benzene rings is 1. The van der Waals surface area contributed by atoms with Crippen molar-refractivity contribution in [1.29, 1.82) is 0 Å². The van der Waals surface area contributed by atoms with Crippen LogP contribution in [0, 0.1) is 0 Å². The molecule has 1 aromatic carbocycles. The molecule has 24 heavy (non-hydrogen) atoms. The summed E-state index contributed by atoms with van der Waals surface area (Å²) >= 11 is 0. The highest BCUT2D eigenvalue weighted by Gasteiger charge is 2.38. The fraction of sp³-hybridized carbons (Fsp3) is 0.357. The Labute approximate surface area is 135 Å². The van der Waals surface area contributed by atoms with Gasteiger partial charge >= 0.3 is 18.1 Å². The number of primary amides is 1. The van der Waals surface area contributed by atoms with Gasteiger partial charge in [-0.3, -0.25) is 9.59 Å². The first-order chi connectivity index (χ1) is 11.0. The summed E-state index contributed by atoms with van der Waals surface area (Å²) in [5.74, 6) is -3.75. The number of halogens is 3. The van der Waals surface area contributed by atoms with E-state index in [0.29, 0.717) is 0 Å². The van der Waals surface area contributed by atoms with E-state index in [1.54, 1.807) is 0 Å². The van der Waals surface area contributed by atoms with E-state index in [2.05, 4.69) is 0 Å². The molecule has 7 nitrogen and oxygen atoms in total. The van der Waals surface area contributed by atoms with Gasteiger partial charge in [0.1, 0.15) is 6.61 Å². The van der Waals surface area contributed by atoms with E-state index in [1.165, 1.54) is 0 Å². The molecule has 0 heterocycles. The maximum Gasteiger partial charge on any atom is 0.490 e. The van der Waals surface area contributed by atoms with Gasteiger partial charge < -0.3 is 21.3 Å². The molecular formula is C14H17F3N2O5. The second-order valence-corrected chi connectivity index (χ2v) is 4.50. The second-order valence-electron chi connectivity index (χ2n) is 4.50. The molecule has 0 aromatic heterocycles. The summed E-state index contributed by atoms with van der Waals surface area (Å²) in [7, 11) is 0. The van der Waals surface area contributed by atoms with Crippen LogP contribution in [0.4, 0.5) is 13.2 Å². The van der Waals surface area contributed by atoms with Crippen LogP contribution in [-0.2, 0) is 25.7 Å². The van der Waals surface area contributed by atoms with Crippen molar-refractivity contribution in [2.75, 3.05) is 0 Å². The highest BCUT2D eigenvalue weighted by atomic mass is 19.4. The quantitative estimate of drug-likeness (QED) is 0.655. The third-order valence-electron chi connectivity index (χ3n) is 2.51. The molecule has 10 heteroatoms. The molecule has 0 aliphatic heterocycles. The summed E-state index contributed by atoms with van der Waals surface area (Å²) < 4.78 is 36.7. The van der Waals surface area contributed by atoms with Crippen LogP contribution >= 0.6 is 0 Å². The lowest BCUT2D eigenvalue weighted by molar-refractivity contribution is -0.192. The number of esters is 1. The molecule has 1 atom stereocenters. The van der Waals surface area contributed by atoms with Gasteiger partial charge in [0.15, 0.2) is 0 Å². The number of alkyl halides is 3. The zero-order chi connectivity index (χ0) is 18.8. The van der Waals surface area contributed by atoms with Crippen LogP contribution < -0.4 is 11.5 Å². The van der Waals surface area contributed by atoms with Gasteiger partial charge in [-0.15, -0.1) is 0 Å².